The van der Waals surface area contributed by atoms with Gasteiger partial charge in [0.2, 0.25) is 0 Å². The molecule has 3 aliphatic heterocycles. The van der Waals surface area contributed by atoms with Gasteiger partial charge in [-0.05, 0) is 56.5 Å². The number of fused-ring (bicyclic) bond motifs is 3. The summed E-state index contributed by atoms with van der Waals surface area (Å²) >= 11 is 0. The summed E-state index contributed by atoms with van der Waals surface area (Å²) in [7, 11) is 5.04. The molecule has 2 fully saturated rings. The minimum Gasteiger partial charge on any atom is -0.497 e. The van der Waals surface area contributed by atoms with Gasteiger partial charge in [0.05, 0.1) is 39.2 Å². The van der Waals surface area contributed by atoms with E-state index in [9.17, 15) is 4.79 Å². The SMILES string of the molecule is COCCN1C(=O)N2Cc3ccoc3C(C)(C)C=C2C12CCN(Cc1cc(OC)cc(OC)c1)CC2. The van der Waals surface area contributed by atoms with Crippen LogP contribution in [0.1, 0.15) is 43.6 Å². The Morgan fingerprint density at radius 3 is 2.36 bits per heavy atom. The lowest BCUT2D eigenvalue weighted by molar-refractivity contribution is 0.0667. The summed E-state index contributed by atoms with van der Waals surface area (Å²) in [6, 6.07) is 8.09. The Hall–Kier alpha value is -2.97. The Labute approximate surface area is 213 Å². The number of ether oxygens (including phenoxy) is 3. The van der Waals surface area contributed by atoms with Crippen molar-refractivity contribution in [2.24, 2.45) is 0 Å². The molecular formula is C28H37N3O5. The molecule has 0 aliphatic carbocycles. The Morgan fingerprint density at radius 1 is 1.03 bits per heavy atom. The van der Waals surface area contributed by atoms with Crippen molar-refractivity contribution in [2.75, 3.05) is 47.6 Å². The first-order valence-corrected chi connectivity index (χ1v) is 12.6. The van der Waals surface area contributed by atoms with E-state index in [2.05, 4.69) is 41.9 Å². The van der Waals surface area contributed by atoms with Gasteiger partial charge in [-0.3, -0.25) is 9.80 Å². The molecule has 194 valence electrons. The molecule has 2 amide bonds. The van der Waals surface area contributed by atoms with Crippen molar-refractivity contribution < 1.29 is 23.4 Å². The van der Waals surface area contributed by atoms with E-state index in [0.717, 1.165) is 66.6 Å². The molecule has 1 aromatic carbocycles. The highest BCUT2D eigenvalue weighted by atomic mass is 16.5. The number of piperidine rings is 1. The maximum absolute atomic E-state index is 13.8. The lowest BCUT2D eigenvalue weighted by Crippen LogP contribution is -2.54. The molecule has 3 aliphatic rings. The third-order valence-electron chi connectivity index (χ3n) is 7.92. The quantitative estimate of drug-likeness (QED) is 0.568. The number of allylic oxidation sites excluding steroid dienone is 1. The van der Waals surface area contributed by atoms with Gasteiger partial charge in [0.15, 0.2) is 0 Å². The van der Waals surface area contributed by atoms with E-state index >= 15 is 0 Å². The van der Waals surface area contributed by atoms with Gasteiger partial charge in [0.25, 0.3) is 0 Å². The summed E-state index contributed by atoms with van der Waals surface area (Å²) in [5.74, 6) is 2.53. The van der Waals surface area contributed by atoms with E-state index in [4.69, 9.17) is 18.6 Å². The van der Waals surface area contributed by atoms with Gasteiger partial charge in [-0.1, -0.05) is 0 Å². The molecule has 4 heterocycles. The molecule has 0 radical (unpaired) electrons. The second kappa shape index (κ2) is 9.48. The van der Waals surface area contributed by atoms with E-state index < -0.39 is 0 Å². The smallest absolute Gasteiger partial charge is 0.325 e. The van der Waals surface area contributed by atoms with E-state index in [0.29, 0.717) is 19.7 Å². The number of nitrogens with zero attached hydrogens (tertiary/aromatic N) is 3. The molecule has 0 atom stereocenters. The number of methoxy groups -OCH3 is 3. The Morgan fingerprint density at radius 2 is 1.72 bits per heavy atom. The number of amides is 2. The zero-order chi connectivity index (χ0) is 25.5. The molecule has 0 N–H and O–H groups in total. The molecule has 36 heavy (non-hydrogen) atoms. The van der Waals surface area contributed by atoms with Gasteiger partial charge < -0.3 is 23.5 Å². The second-order valence-electron chi connectivity index (χ2n) is 10.6. The molecule has 0 unspecified atom stereocenters. The topological polar surface area (TPSA) is 67.6 Å². The van der Waals surface area contributed by atoms with Crippen LogP contribution >= 0.6 is 0 Å². The van der Waals surface area contributed by atoms with Crippen molar-refractivity contribution >= 4 is 6.03 Å². The molecule has 1 spiro atoms. The van der Waals surface area contributed by atoms with Crippen molar-refractivity contribution in [1.82, 2.24) is 14.7 Å². The van der Waals surface area contributed by atoms with Crippen LogP contribution in [0.2, 0.25) is 0 Å². The van der Waals surface area contributed by atoms with E-state index in [1.54, 1.807) is 27.6 Å². The van der Waals surface area contributed by atoms with Crippen molar-refractivity contribution in [1.29, 1.82) is 0 Å². The van der Waals surface area contributed by atoms with Crippen LogP contribution in [0.5, 0.6) is 11.5 Å². The standard InChI is InChI=1S/C28H37N3O5/c1-27(2)17-24-28(31(11-13-33-3)26(32)30(24)19-21-6-12-36-25(21)27)7-9-29(10-8-28)18-20-14-22(34-4)16-23(15-20)35-5/h6,12,14-17H,7-11,13,18-19H2,1-5H3. The minimum atomic E-state index is -0.348. The molecule has 0 bridgehead atoms. The number of benzene rings is 1. The molecule has 0 saturated carbocycles. The highest BCUT2D eigenvalue weighted by Gasteiger charge is 2.56. The molecule has 8 heteroatoms. The molecular weight excluding hydrogens is 458 g/mol. The number of carbonyl (C=O) groups is 1. The summed E-state index contributed by atoms with van der Waals surface area (Å²) in [5.41, 5.74) is 2.69. The van der Waals surface area contributed by atoms with Crippen LogP contribution in [0.4, 0.5) is 4.79 Å². The first-order chi connectivity index (χ1) is 17.3. The molecule has 5 rings (SSSR count). The first-order valence-electron chi connectivity index (χ1n) is 12.6. The summed E-state index contributed by atoms with van der Waals surface area (Å²) < 4.78 is 22.2. The van der Waals surface area contributed by atoms with Gasteiger partial charge in [-0.25, -0.2) is 4.79 Å². The molecule has 2 saturated heterocycles. The Kier molecular flexibility index (Phi) is 6.51. The van der Waals surface area contributed by atoms with Crippen molar-refractivity contribution in [3.8, 4) is 11.5 Å². The number of likely N-dealkylation sites (tertiary alicyclic amines) is 1. The summed E-state index contributed by atoms with van der Waals surface area (Å²) in [5, 5.41) is 0. The van der Waals surface area contributed by atoms with Crippen LogP contribution in [0.3, 0.4) is 0 Å². The monoisotopic (exact) mass is 495 g/mol. The van der Waals surface area contributed by atoms with Crippen molar-refractivity contribution in [3.63, 3.8) is 0 Å². The normalized spacial score (nSPS) is 20.7. The summed E-state index contributed by atoms with van der Waals surface area (Å²) in [6.45, 7) is 8.55. The van der Waals surface area contributed by atoms with Crippen LogP contribution in [0.15, 0.2) is 46.7 Å². The zero-order valence-corrected chi connectivity index (χ0v) is 22.0. The average molecular weight is 496 g/mol. The highest BCUT2D eigenvalue weighted by Crippen LogP contribution is 2.48. The fourth-order valence-electron chi connectivity index (χ4n) is 6.11. The van der Waals surface area contributed by atoms with Gasteiger partial charge >= 0.3 is 6.03 Å². The highest BCUT2D eigenvalue weighted by molar-refractivity contribution is 5.83. The third-order valence-corrected chi connectivity index (χ3v) is 7.92. The third kappa shape index (κ3) is 4.16. The lowest BCUT2D eigenvalue weighted by Gasteiger charge is -2.45. The lowest BCUT2D eigenvalue weighted by atomic mass is 9.79. The predicted molar refractivity (Wildman–Crippen MR) is 136 cm³/mol. The fourth-order valence-corrected chi connectivity index (χ4v) is 6.11. The van der Waals surface area contributed by atoms with Gasteiger partial charge in [0.1, 0.15) is 17.3 Å². The van der Waals surface area contributed by atoms with E-state index in [1.807, 2.05) is 17.0 Å². The maximum atomic E-state index is 13.8. The van der Waals surface area contributed by atoms with Crippen molar-refractivity contribution in [2.45, 2.75) is 50.7 Å². The van der Waals surface area contributed by atoms with Gasteiger partial charge in [-0.2, -0.15) is 0 Å². The predicted octanol–water partition coefficient (Wildman–Crippen LogP) is 4.39. The summed E-state index contributed by atoms with van der Waals surface area (Å²) in [4.78, 5) is 20.3. The Balaban J connectivity index is 1.43. The van der Waals surface area contributed by atoms with Crippen LogP contribution in [0.25, 0.3) is 0 Å². The summed E-state index contributed by atoms with van der Waals surface area (Å²) in [6.07, 6.45) is 5.73. The van der Waals surface area contributed by atoms with Crippen LogP contribution in [-0.4, -0.2) is 73.8 Å². The second-order valence-corrected chi connectivity index (χ2v) is 10.6. The van der Waals surface area contributed by atoms with Crippen LogP contribution < -0.4 is 9.47 Å². The van der Waals surface area contributed by atoms with Crippen molar-refractivity contribution in [3.05, 3.63) is 59.2 Å². The van der Waals surface area contributed by atoms with E-state index in [-0.39, 0.29) is 17.0 Å². The number of urea groups is 1. The largest absolute Gasteiger partial charge is 0.497 e. The van der Waals surface area contributed by atoms with Gasteiger partial charge in [0, 0.05) is 56.0 Å². The number of carbonyl (C=O) groups excluding carboxylic acids is 1. The first kappa shape index (κ1) is 24.7. The van der Waals surface area contributed by atoms with Crippen LogP contribution in [-0.2, 0) is 23.2 Å². The number of rotatable bonds is 7. The van der Waals surface area contributed by atoms with E-state index in [1.165, 1.54) is 0 Å². The minimum absolute atomic E-state index is 0.0640. The fraction of sp³-hybridized carbons (Fsp3) is 0.536. The van der Waals surface area contributed by atoms with Crippen LogP contribution in [0, 0.1) is 0 Å². The average Bonchev–Trinajstić information content (AvgIpc) is 3.39. The maximum Gasteiger partial charge on any atom is 0.325 e. The molecule has 1 aromatic heterocycles. The number of furan rings is 1. The zero-order valence-electron chi connectivity index (χ0n) is 22.0. The van der Waals surface area contributed by atoms with Gasteiger partial charge in [-0.15, -0.1) is 0 Å². The number of hydrogen-bond donors (Lipinski definition) is 0. The molecule has 8 nitrogen and oxygen atoms in total. The Bertz CT molecular complexity index is 1120. The number of hydrogen-bond acceptors (Lipinski definition) is 6. The molecule has 2 aromatic rings.